The molecule has 0 saturated heterocycles. The second kappa shape index (κ2) is 11.7. The highest BCUT2D eigenvalue weighted by molar-refractivity contribution is 6.31. The second-order valence-corrected chi connectivity index (χ2v) is 10.2. The summed E-state index contributed by atoms with van der Waals surface area (Å²) < 4.78 is 47.3. The number of hydrogen-bond donors (Lipinski definition) is 2. The molecule has 2 N–H and O–H groups in total. The van der Waals surface area contributed by atoms with Crippen LogP contribution < -0.4 is 15.5 Å². The predicted octanol–water partition coefficient (Wildman–Crippen LogP) is 6.80. The molecule has 0 fully saturated rings. The van der Waals surface area contributed by atoms with Gasteiger partial charge in [-0.3, -0.25) is 4.79 Å². The van der Waals surface area contributed by atoms with Gasteiger partial charge in [0.15, 0.2) is 10.8 Å². The maximum atomic E-state index is 13.7. The molecule has 0 saturated carbocycles. The third kappa shape index (κ3) is 6.46. The summed E-state index contributed by atoms with van der Waals surface area (Å²) in [6, 6.07) is 19.4. The molecule has 3 amide bonds. The Morgan fingerprint density at radius 3 is 2.27 bits per heavy atom. The first-order valence-corrected chi connectivity index (χ1v) is 12.8. The molecule has 1 unspecified atom stereocenters. The van der Waals surface area contributed by atoms with Crippen molar-refractivity contribution in [2.45, 2.75) is 24.8 Å². The maximum Gasteiger partial charge on any atom is 0.493 e. The summed E-state index contributed by atoms with van der Waals surface area (Å²) in [7, 11) is 1.40. The van der Waals surface area contributed by atoms with E-state index in [-0.39, 0.29) is 23.0 Å². The molecule has 1 aliphatic rings. The average molecular weight is 593 g/mol. The number of carbonyl (C=O) groups excluding carboxylic acids is 2. The summed E-state index contributed by atoms with van der Waals surface area (Å²) in [6.07, 6.45) is -5.02. The maximum absolute atomic E-state index is 13.7. The SMILES string of the molecule is CN(C(=O)CNC(=O)N(c1ccccc1)C(F)(F)F)C1=C(OCc2ccccc2)c2cc(Cl)ccc2NC1(C)Cl. The van der Waals surface area contributed by atoms with Gasteiger partial charge in [-0.15, -0.1) is 13.2 Å². The fourth-order valence-corrected chi connectivity index (χ4v) is 4.73. The van der Waals surface area contributed by atoms with Gasteiger partial charge in [-0.05, 0) is 42.8 Å². The number of anilines is 2. The zero-order valence-electron chi connectivity index (χ0n) is 21.4. The van der Waals surface area contributed by atoms with Crippen molar-refractivity contribution in [1.29, 1.82) is 0 Å². The lowest BCUT2D eigenvalue weighted by molar-refractivity contribution is -0.128. The van der Waals surface area contributed by atoms with Gasteiger partial charge in [-0.1, -0.05) is 71.7 Å². The Hall–Kier alpha value is -3.89. The van der Waals surface area contributed by atoms with Gasteiger partial charge in [0.1, 0.15) is 12.3 Å². The number of nitrogens with one attached hydrogen (secondary N) is 2. The van der Waals surface area contributed by atoms with Crippen molar-refractivity contribution in [3.05, 3.63) is 101 Å². The molecule has 0 radical (unpaired) electrons. The van der Waals surface area contributed by atoms with Crippen molar-refractivity contribution in [3.8, 4) is 0 Å². The first kappa shape index (κ1) is 29.1. The largest absolute Gasteiger partial charge is 0.493 e. The summed E-state index contributed by atoms with van der Waals surface area (Å²) in [5.74, 6) is -0.487. The Kier molecular flexibility index (Phi) is 8.51. The Bertz CT molecular complexity index is 1420. The van der Waals surface area contributed by atoms with Crippen molar-refractivity contribution < 1.29 is 27.5 Å². The highest BCUT2D eigenvalue weighted by atomic mass is 35.5. The summed E-state index contributed by atoms with van der Waals surface area (Å²) in [6.45, 7) is 0.991. The summed E-state index contributed by atoms with van der Waals surface area (Å²) in [5.41, 5.74) is 1.78. The molecule has 40 heavy (non-hydrogen) atoms. The lowest BCUT2D eigenvalue weighted by atomic mass is 9.99. The van der Waals surface area contributed by atoms with Crippen LogP contribution in [0.3, 0.4) is 0 Å². The van der Waals surface area contributed by atoms with Gasteiger partial charge in [-0.2, -0.15) is 0 Å². The predicted molar refractivity (Wildman–Crippen MR) is 149 cm³/mol. The van der Waals surface area contributed by atoms with Gasteiger partial charge in [-0.25, -0.2) is 9.69 Å². The monoisotopic (exact) mass is 592 g/mol. The quantitative estimate of drug-likeness (QED) is 0.234. The van der Waals surface area contributed by atoms with E-state index in [1.165, 1.54) is 25.2 Å². The smallest absolute Gasteiger partial charge is 0.486 e. The second-order valence-electron chi connectivity index (χ2n) is 9.02. The zero-order chi connectivity index (χ0) is 29.1. The average Bonchev–Trinajstić information content (AvgIpc) is 2.90. The number of fused-ring (bicyclic) bond motifs is 1. The minimum atomic E-state index is -5.02. The number of likely N-dealkylation sites (N-methyl/N-ethyl adjacent to an activating group) is 1. The van der Waals surface area contributed by atoms with Crippen LogP contribution in [0.25, 0.3) is 5.76 Å². The molecule has 3 aromatic rings. The van der Waals surface area contributed by atoms with Crippen LogP contribution in [-0.4, -0.2) is 41.7 Å². The first-order chi connectivity index (χ1) is 18.9. The molecule has 0 aromatic heterocycles. The number of alkyl halides is 4. The number of benzene rings is 3. The molecule has 12 heteroatoms. The molecule has 210 valence electrons. The third-order valence-electron chi connectivity index (χ3n) is 6.05. The molecule has 4 rings (SSSR count). The fourth-order valence-electron chi connectivity index (χ4n) is 4.24. The summed E-state index contributed by atoms with van der Waals surface area (Å²) in [5, 5.41) is 5.61. The van der Waals surface area contributed by atoms with Gasteiger partial charge in [0.2, 0.25) is 5.91 Å². The minimum Gasteiger partial charge on any atom is -0.486 e. The number of urea groups is 1. The van der Waals surface area contributed by atoms with Crippen molar-refractivity contribution in [3.63, 3.8) is 0 Å². The summed E-state index contributed by atoms with van der Waals surface area (Å²) in [4.78, 5) is 25.2. The molecular weight excluding hydrogens is 568 g/mol. The number of nitrogens with zero attached hydrogens (tertiary/aromatic N) is 2. The Morgan fingerprint density at radius 2 is 1.65 bits per heavy atom. The number of hydrogen-bond acceptors (Lipinski definition) is 4. The molecular formula is C28H25Cl2F3N4O3. The van der Waals surface area contributed by atoms with Gasteiger partial charge in [0.25, 0.3) is 0 Å². The Balaban J connectivity index is 1.63. The standard InChI is InChI=1S/C28H25Cl2F3N4O3/c1-27(30)25(24(40-17-18-9-5-3-6-10-18)21-15-19(29)13-14-22(21)35-27)36(2)23(38)16-34-26(39)37(28(31,32)33)20-11-7-4-8-12-20/h3-15,35H,16-17H2,1-2H3,(H,34,39). The normalized spacial score (nSPS) is 16.5. The van der Waals surface area contributed by atoms with E-state index in [9.17, 15) is 22.8 Å². The van der Waals surface area contributed by atoms with Crippen LogP contribution in [-0.2, 0) is 16.1 Å². The van der Waals surface area contributed by atoms with Gasteiger partial charge in [0, 0.05) is 23.3 Å². The molecule has 7 nitrogen and oxygen atoms in total. The van der Waals surface area contributed by atoms with Crippen LogP contribution in [0.1, 0.15) is 18.1 Å². The van der Waals surface area contributed by atoms with Crippen LogP contribution in [0.4, 0.5) is 29.3 Å². The van der Waals surface area contributed by atoms with Crippen LogP contribution >= 0.6 is 23.2 Å². The Morgan fingerprint density at radius 1 is 1.02 bits per heavy atom. The van der Waals surface area contributed by atoms with E-state index >= 15 is 0 Å². The van der Waals surface area contributed by atoms with Crippen molar-refractivity contribution >= 4 is 52.3 Å². The first-order valence-electron chi connectivity index (χ1n) is 12.0. The minimum absolute atomic E-state index is 0.134. The number of para-hydroxylation sites is 1. The number of rotatable bonds is 7. The molecule has 0 spiro atoms. The van der Waals surface area contributed by atoms with Crippen LogP contribution in [0, 0.1) is 0 Å². The van der Waals surface area contributed by atoms with Gasteiger partial charge in [0.05, 0.1) is 12.2 Å². The number of ether oxygens (including phenoxy) is 1. The van der Waals surface area contributed by atoms with E-state index in [4.69, 9.17) is 27.9 Å². The Labute approximate surface area is 239 Å². The van der Waals surface area contributed by atoms with E-state index in [2.05, 4.69) is 10.6 Å². The van der Waals surface area contributed by atoms with Crippen molar-refractivity contribution in [1.82, 2.24) is 10.2 Å². The van der Waals surface area contributed by atoms with E-state index in [0.717, 1.165) is 22.6 Å². The molecule has 1 heterocycles. The number of amides is 3. The molecule has 0 aliphatic carbocycles. The van der Waals surface area contributed by atoms with E-state index in [1.54, 1.807) is 25.1 Å². The van der Waals surface area contributed by atoms with Crippen LogP contribution in [0.2, 0.25) is 5.02 Å². The number of halogens is 5. The molecule has 3 aromatic carbocycles. The highest BCUT2D eigenvalue weighted by Gasteiger charge is 2.43. The third-order valence-corrected chi connectivity index (χ3v) is 6.56. The molecule has 1 aliphatic heterocycles. The summed E-state index contributed by atoms with van der Waals surface area (Å²) >= 11 is 13.1. The van der Waals surface area contributed by atoms with Gasteiger partial charge >= 0.3 is 12.3 Å². The zero-order valence-corrected chi connectivity index (χ0v) is 22.9. The number of carbonyl (C=O) groups is 2. The topological polar surface area (TPSA) is 73.9 Å². The lowest BCUT2D eigenvalue weighted by Gasteiger charge is -2.39. The molecule has 1 atom stereocenters. The van der Waals surface area contributed by atoms with E-state index < -0.39 is 35.5 Å². The highest BCUT2D eigenvalue weighted by Crippen LogP contribution is 2.44. The van der Waals surface area contributed by atoms with E-state index in [0.29, 0.717) is 16.3 Å². The lowest BCUT2D eigenvalue weighted by Crippen LogP contribution is -2.52. The van der Waals surface area contributed by atoms with E-state index in [1.807, 2.05) is 30.3 Å². The molecule has 0 bridgehead atoms. The van der Waals surface area contributed by atoms with Crippen molar-refractivity contribution in [2.75, 3.05) is 23.8 Å². The fraction of sp³-hybridized carbons (Fsp3) is 0.214. The van der Waals surface area contributed by atoms with Crippen LogP contribution in [0.15, 0.2) is 84.6 Å². The van der Waals surface area contributed by atoms with Crippen LogP contribution in [0.5, 0.6) is 0 Å². The van der Waals surface area contributed by atoms with Crippen molar-refractivity contribution in [2.24, 2.45) is 0 Å². The van der Waals surface area contributed by atoms with Gasteiger partial charge < -0.3 is 20.3 Å².